The number of nitrogens with one attached hydrogen (secondary N) is 1. The molecule has 2 fully saturated rings. The molecule has 1 aromatic rings. The molecule has 1 N–H and O–H groups in total. The topological polar surface area (TPSA) is 41.6 Å². The van der Waals surface area contributed by atoms with Crippen LogP contribution in [0, 0.1) is 19.8 Å². The van der Waals surface area contributed by atoms with E-state index in [0.29, 0.717) is 12.0 Å². The molecule has 4 heteroatoms. The molecule has 0 bridgehead atoms. The quantitative estimate of drug-likeness (QED) is 0.931. The molecule has 1 amide bonds. The Morgan fingerprint density at radius 2 is 2.17 bits per heavy atom. The molecule has 3 rings (SSSR count). The highest BCUT2D eigenvalue weighted by Gasteiger charge is 2.35. The van der Waals surface area contributed by atoms with Crippen LogP contribution in [-0.4, -0.2) is 42.6 Å². The summed E-state index contributed by atoms with van der Waals surface area (Å²) in [5.74, 6) is 0.683. The van der Waals surface area contributed by atoms with Crippen molar-refractivity contribution in [1.82, 2.24) is 4.90 Å². The van der Waals surface area contributed by atoms with Crippen molar-refractivity contribution in [3.63, 3.8) is 0 Å². The molecule has 0 spiro atoms. The molecule has 23 heavy (non-hydrogen) atoms. The van der Waals surface area contributed by atoms with Crippen molar-refractivity contribution in [2.75, 3.05) is 25.0 Å². The maximum absolute atomic E-state index is 12.7. The number of benzene rings is 1. The molecule has 0 aromatic heterocycles. The Morgan fingerprint density at radius 3 is 3.00 bits per heavy atom. The van der Waals surface area contributed by atoms with Crippen LogP contribution in [0.4, 0.5) is 5.69 Å². The Kier molecular flexibility index (Phi) is 5.02. The van der Waals surface area contributed by atoms with Crippen LogP contribution in [0.1, 0.15) is 37.3 Å². The molecule has 2 heterocycles. The summed E-state index contributed by atoms with van der Waals surface area (Å²) in [6.45, 7) is 8.98. The molecule has 3 unspecified atom stereocenters. The largest absolute Gasteiger partial charge is 0.378 e. The zero-order chi connectivity index (χ0) is 16.4. The minimum Gasteiger partial charge on any atom is -0.378 e. The van der Waals surface area contributed by atoms with Gasteiger partial charge in [-0.1, -0.05) is 12.1 Å². The van der Waals surface area contributed by atoms with E-state index in [2.05, 4.69) is 30.1 Å². The zero-order valence-corrected chi connectivity index (χ0v) is 14.5. The second-order valence-electron chi connectivity index (χ2n) is 7.01. The van der Waals surface area contributed by atoms with Crippen LogP contribution in [0.15, 0.2) is 18.2 Å². The monoisotopic (exact) mass is 316 g/mol. The highest BCUT2D eigenvalue weighted by molar-refractivity contribution is 5.95. The molecule has 0 aliphatic carbocycles. The van der Waals surface area contributed by atoms with Crippen molar-refractivity contribution in [3.8, 4) is 0 Å². The second-order valence-corrected chi connectivity index (χ2v) is 7.01. The number of ether oxygens (including phenoxy) is 1. The molecule has 0 saturated carbocycles. The molecule has 2 aliphatic rings. The van der Waals surface area contributed by atoms with Gasteiger partial charge in [-0.25, -0.2) is 0 Å². The van der Waals surface area contributed by atoms with Crippen molar-refractivity contribution >= 4 is 11.6 Å². The first-order valence-electron chi connectivity index (χ1n) is 8.79. The lowest BCUT2D eigenvalue weighted by Gasteiger charge is -2.42. The Bertz CT molecular complexity index is 572. The van der Waals surface area contributed by atoms with E-state index in [4.69, 9.17) is 4.74 Å². The number of carbonyl (C=O) groups is 1. The number of carbonyl (C=O) groups excluding carboxylic acids is 1. The van der Waals surface area contributed by atoms with Crippen molar-refractivity contribution < 1.29 is 9.53 Å². The van der Waals surface area contributed by atoms with E-state index >= 15 is 0 Å². The summed E-state index contributed by atoms with van der Waals surface area (Å²) in [5.41, 5.74) is 3.28. The summed E-state index contributed by atoms with van der Waals surface area (Å²) in [6.07, 6.45) is 3.84. The first kappa shape index (κ1) is 16.5. The summed E-state index contributed by atoms with van der Waals surface area (Å²) < 4.78 is 5.87. The molecule has 3 atom stereocenters. The number of anilines is 1. The lowest BCUT2D eigenvalue weighted by atomic mass is 9.88. The van der Waals surface area contributed by atoms with Gasteiger partial charge in [-0.05, 0) is 63.1 Å². The molecule has 4 nitrogen and oxygen atoms in total. The fraction of sp³-hybridized carbons (Fsp3) is 0.632. The number of hydrogen-bond acceptors (Lipinski definition) is 3. The Balaban J connectivity index is 1.62. The van der Waals surface area contributed by atoms with Gasteiger partial charge in [0, 0.05) is 25.4 Å². The summed E-state index contributed by atoms with van der Waals surface area (Å²) in [6, 6.07) is 5.95. The SMILES string of the molecule is Cc1cccc(NC(=O)C(C)N2CCC3OCCCC3C2)c1C. The van der Waals surface area contributed by atoms with Gasteiger partial charge in [-0.3, -0.25) is 9.69 Å². The van der Waals surface area contributed by atoms with Crippen LogP contribution in [0.25, 0.3) is 0 Å². The fourth-order valence-electron chi connectivity index (χ4n) is 3.76. The van der Waals surface area contributed by atoms with Crippen LogP contribution >= 0.6 is 0 Å². The van der Waals surface area contributed by atoms with Gasteiger partial charge in [-0.2, -0.15) is 0 Å². The van der Waals surface area contributed by atoms with Gasteiger partial charge in [0.25, 0.3) is 0 Å². The zero-order valence-electron chi connectivity index (χ0n) is 14.5. The van der Waals surface area contributed by atoms with Crippen molar-refractivity contribution in [3.05, 3.63) is 29.3 Å². The number of nitrogens with zero attached hydrogens (tertiary/aromatic N) is 1. The van der Waals surface area contributed by atoms with E-state index in [1.54, 1.807) is 0 Å². The van der Waals surface area contributed by atoms with Crippen LogP contribution in [0.3, 0.4) is 0 Å². The number of fused-ring (bicyclic) bond motifs is 1. The number of piperidine rings is 1. The van der Waals surface area contributed by atoms with Gasteiger partial charge >= 0.3 is 0 Å². The molecule has 1 aromatic carbocycles. The van der Waals surface area contributed by atoms with E-state index in [-0.39, 0.29) is 11.9 Å². The molecule has 126 valence electrons. The molecular weight excluding hydrogens is 288 g/mol. The summed E-state index contributed by atoms with van der Waals surface area (Å²) in [5, 5.41) is 3.11. The molecule has 0 radical (unpaired) electrons. The Hall–Kier alpha value is -1.39. The minimum absolute atomic E-state index is 0.0916. The minimum atomic E-state index is -0.0993. The van der Waals surface area contributed by atoms with Gasteiger partial charge in [0.15, 0.2) is 0 Å². The highest BCUT2D eigenvalue weighted by atomic mass is 16.5. The van der Waals surface area contributed by atoms with Crippen LogP contribution in [-0.2, 0) is 9.53 Å². The normalized spacial score (nSPS) is 26.4. The lowest BCUT2D eigenvalue weighted by molar-refractivity contribution is -0.124. The maximum Gasteiger partial charge on any atom is 0.241 e. The Labute approximate surface area is 139 Å². The van der Waals surface area contributed by atoms with E-state index < -0.39 is 0 Å². The van der Waals surface area contributed by atoms with Crippen molar-refractivity contribution in [2.24, 2.45) is 5.92 Å². The van der Waals surface area contributed by atoms with Crippen LogP contribution < -0.4 is 5.32 Å². The van der Waals surface area contributed by atoms with Crippen molar-refractivity contribution in [2.45, 2.75) is 52.2 Å². The third kappa shape index (κ3) is 3.59. The van der Waals surface area contributed by atoms with Gasteiger partial charge < -0.3 is 10.1 Å². The van der Waals surface area contributed by atoms with E-state index in [1.165, 1.54) is 12.0 Å². The average Bonchev–Trinajstić information content (AvgIpc) is 2.57. The van der Waals surface area contributed by atoms with Gasteiger partial charge in [0.2, 0.25) is 5.91 Å². The van der Waals surface area contributed by atoms with Gasteiger partial charge in [0.1, 0.15) is 0 Å². The van der Waals surface area contributed by atoms with Crippen LogP contribution in [0.2, 0.25) is 0 Å². The average molecular weight is 316 g/mol. The lowest BCUT2D eigenvalue weighted by Crippen LogP contribution is -2.52. The summed E-state index contributed by atoms with van der Waals surface area (Å²) >= 11 is 0. The molecular formula is C19H28N2O2. The van der Waals surface area contributed by atoms with E-state index in [0.717, 1.165) is 43.8 Å². The first-order valence-corrected chi connectivity index (χ1v) is 8.79. The first-order chi connectivity index (χ1) is 11.1. The maximum atomic E-state index is 12.7. The van der Waals surface area contributed by atoms with E-state index in [9.17, 15) is 4.79 Å². The molecule has 2 aliphatic heterocycles. The van der Waals surface area contributed by atoms with Crippen LogP contribution in [0.5, 0.6) is 0 Å². The predicted octanol–water partition coefficient (Wildman–Crippen LogP) is 3.13. The standard InChI is InChI=1S/C19H28N2O2/c1-13-6-4-8-17(14(13)2)20-19(22)15(3)21-10-9-18-16(12-21)7-5-11-23-18/h4,6,8,15-16,18H,5,7,9-12H2,1-3H3,(H,20,22). The highest BCUT2D eigenvalue weighted by Crippen LogP contribution is 2.29. The summed E-state index contributed by atoms with van der Waals surface area (Å²) in [4.78, 5) is 15.0. The predicted molar refractivity (Wildman–Crippen MR) is 92.7 cm³/mol. The number of rotatable bonds is 3. The van der Waals surface area contributed by atoms with E-state index in [1.807, 2.05) is 19.1 Å². The second kappa shape index (κ2) is 7.02. The number of likely N-dealkylation sites (tertiary alicyclic amines) is 1. The third-order valence-electron chi connectivity index (χ3n) is 5.54. The third-order valence-corrected chi connectivity index (χ3v) is 5.54. The van der Waals surface area contributed by atoms with Gasteiger partial charge in [0.05, 0.1) is 12.1 Å². The smallest absolute Gasteiger partial charge is 0.241 e. The Morgan fingerprint density at radius 1 is 1.35 bits per heavy atom. The number of hydrogen-bond donors (Lipinski definition) is 1. The van der Waals surface area contributed by atoms with Gasteiger partial charge in [-0.15, -0.1) is 0 Å². The molecule has 2 saturated heterocycles. The fourth-order valence-corrected chi connectivity index (χ4v) is 3.76. The summed E-state index contributed by atoms with van der Waals surface area (Å²) in [7, 11) is 0. The van der Waals surface area contributed by atoms with Crippen molar-refractivity contribution in [1.29, 1.82) is 0 Å². The number of aryl methyl sites for hydroxylation is 1. The number of amides is 1.